The van der Waals surface area contributed by atoms with Gasteiger partial charge in [0.25, 0.3) is 0 Å². The molecule has 1 aliphatic heterocycles. The molecule has 0 aliphatic carbocycles. The molecule has 1 heterocycles. The van der Waals surface area contributed by atoms with E-state index in [0.717, 1.165) is 5.57 Å². The van der Waals surface area contributed by atoms with Crippen molar-refractivity contribution < 1.29 is 9.53 Å². The maximum Gasteiger partial charge on any atom is 0.335 e. The maximum atomic E-state index is 11.0. The van der Waals surface area contributed by atoms with Gasteiger partial charge in [0.1, 0.15) is 5.60 Å². The number of carbonyl (C=O) groups is 1. The standard InChI is InChI=1S/C9H12O2/c1-5-7-6(2)8(10)11-9(7,3)4/h5H,1H2,2-4H3. The third-order valence-corrected chi connectivity index (χ3v) is 1.91. The SMILES string of the molecule is C=CC1=C(C)C(=O)OC1(C)C. The minimum absolute atomic E-state index is 0.232. The van der Waals surface area contributed by atoms with Crippen LogP contribution in [0.1, 0.15) is 20.8 Å². The van der Waals surface area contributed by atoms with Gasteiger partial charge in [-0.15, -0.1) is 0 Å². The third kappa shape index (κ3) is 1.09. The number of rotatable bonds is 1. The average molecular weight is 152 g/mol. The Labute approximate surface area is 66.5 Å². The van der Waals surface area contributed by atoms with E-state index in [2.05, 4.69) is 6.58 Å². The molecule has 0 radical (unpaired) electrons. The van der Waals surface area contributed by atoms with Crippen LogP contribution >= 0.6 is 0 Å². The zero-order chi connectivity index (χ0) is 8.65. The first kappa shape index (κ1) is 8.05. The van der Waals surface area contributed by atoms with Crippen LogP contribution in [0.15, 0.2) is 23.8 Å². The van der Waals surface area contributed by atoms with Crippen molar-refractivity contribution in [3.63, 3.8) is 0 Å². The molecule has 0 N–H and O–H groups in total. The average Bonchev–Trinajstić information content (AvgIpc) is 2.03. The van der Waals surface area contributed by atoms with E-state index in [1.165, 1.54) is 0 Å². The van der Waals surface area contributed by atoms with Crippen LogP contribution in [0.5, 0.6) is 0 Å². The van der Waals surface area contributed by atoms with Crippen molar-refractivity contribution in [2.45, 2.75) is 26.4 Å². The summed E-state index contributed by atoms with van der Waals surface area (Å²) in [5.41, 5.74) is 1.08. The molecule has 0 aromatic carbocycles. The van der Waals surface area contributed by atoms with Gasteiger partial charge in [-0.2, -0.15) is 0 Å². The van der Waals surface area contributed by atoms with Crippen molar-refractivity contribution in [3.05, 3.63) is 23.8 Å². The molecule has 0 amide bonds. The Balaban J connectivity index is 3.16. The van der Waals surface area contributed by atoms with Crippen LogP contribution in [0.2, 0.25) is 0 Å². The number of esters is 1. The first-order chi connectivity index (χ1) is 4.99. The molecule has 0 bridgehead atoms. The van der Waals surface area contributed by atoms with Crippen molar-refractivity contribution >= 4 is 5.97 Å². The first-order valence-electron chi connectivity index (χ1n) is 3.56. The molecule has 0 spiro atoms. The van der Waals surface area contributed by atoms with E-state index in [1.54, 1.807) is 13.0 Å². The second kappa shape index (κ2) is 2.22. The third-order valence-electron chi connectivity index (χ3n) is 1.91. The second-order valence-electron chi connectivity index (χ2n) is 3.14. The molecule has 60 valence electrons. The fourth-order valence-corrected chi connectivity index (χ4v) is 1.32. The molecule has 0 unspecified atom stereocenters. The van der Waals surface area contributed by atoms with Crippen LogP contribution in [0.4, 0.5) is 0 Å². The van der Waals surface area contributed by atoms with Crippen LogP contribution in [-0.4, -0.2) is 11.6 Å². The highest BCUT2D eigenvalue weighted by Gasteiger charge is 2.36. The molecule has 1 aliphatic rings. The molecule has 2 heteroatoms. The van der Waals surface area contributed by atoms with Gasteiger partial charge in [0.2, 0.25) is 0 Å². The van der Waals surface area contributed by atoms with Gasteiger partial charge in [-0.3, -0.25) is 0 Å². The molecule has 0 fully saturated rings. The van der Waals surface area contributed by atoms with Crippen LogP contribution < -0.4 is 0 Å². The van der Waals surface area contributed by atoms with Crippen molar-refractivity contribution in [1.29, 1.82) is 0 Å². The molecular weight excluding hydrogens is 140 g/mol. The first-order valence-corrected chi connectivity index (χ1v) is 3.56. The molecule has 11 heavy (non-hydrogen) atoms. The van der Waals surface area contributed by atoms with Crippen LogP contribution in [0.25, 0.3) is 0 Å². The fraction of sp³-hybridized carbons (Fsp3) is 0.444. The molecule has 0 atom stereocenters. The van der Waals surface area contributed by atoms with Crippen molar-refractivity contribution in [2.24, 2.45) is 0 Å². The monoisotopic (exact) mass is 152 g/mol. The predicted molar refractivity (Wildman–Crippen MR) is 43.1 cm³/mol. The van der Waals surface area contributed by atoms with E-state index < -0.39 is 5.60 Å². The van der Waals surface area contributed by atoms with Gasteiger partial charge in [0.15, 0.2) is 0 Å². The van der Waals surface area contributed by atoms with E-state index in [-0.39, 0.29) is 5.97 Å². The summed E-state index contributed by atoms with van der Waals surface area (Å²) in [4.78, 5) is 11.0. The molecule has 0 aromatic rings. The topological polar surface area (TPSA) is 26.3 Å². The second-order valence-corrected chi connectivity index (χ2v) is 3.14. The Hall–Kier alpha value is -1.05. The number of carbonyl (C=O) groups excluding carboxylic acids is 1. The summed E-state index contributed by atoms with van der Waals surface area (Å²) in [6, 6.07) is 0. The lowest BCUT2D eigenvalue weighted by molar-refractivity contribution is -0.144. The van der Waals surface area contributed by atoms with E-state index in [1.807, 2.05) is 13.8 Å². The molecule has 2 nitrogen and oxygen atoms in total. The van der Waals surface area contributed by atoms with Gasteiger partial charge in [0.05, 0.1) is 0 Å². The lowest BCUT2D eigenvalue weighted by atomic mass is 9.97. The predicted octanol–water partition coefficient (Wildman–Crippen LogP) is 1.82. The molecule has 0 aromatic heterocycles. The minimum atomic E-state index is -0.483. The van der Waals surface area contributed by atoms with Gasteiger partial charge < -0.3 is 4.74 Å². The van der Waals surface area contributed by atoms with Crippen molar-refractivity contribution in [1.82, 2.24) is 0 Å². The summed E-state index contributed by atoms with van der Waals surface area (Å²) in [6.45, 7) is 9.11. The Morgan fingerprint density at radius 2 is 2.09 bits per heavy atom. The molecular formula is C9H12O2. The summed E-state index contributed by atoms with van der Waals surface area (Å²) in [7, 11) is 0. The van der Waals surface area contributed by atoms with Gasteiger partial charge in [-0.05, 0) is 20.8 Å². The smallest absolute Gasteiger partial charge is 0.335 e. The van der Waals surface area contributed by atoms with Gasteiger partial charge in [0, 0.05) is 11.1 Å². The Bertz CT molecular complexity index is 246. The normalized spacial score (nSPS) is 21.9. The molecule has 0 saturated heterocycles. The van der Waals surface area contributed by atoms with Gasteiger partial charge in [-0.25, -0.2) is 4.79 Å². The molecule has 0 saturated carbocycles. The van der Waals surface area contributed by atoms with Crippen molar-refractivity contribution in [3.8, 4) is 0 Å². The Morgan fingerprint density at radius 1 is 1.55 bits per heavy atom. The van der Waals surface area contributed by atoms with E-state index in [4.69, 9.17) is 4.74 Å². The maximum absolute atomic E-state index is 11.0. The number of hydrogen-bond acceptors (Lipinski definition) is 2. The zero-order valence-electron chi connectivity index (χ0n) is 7.10. The zero-order valence-corrected chi connectivity index (χ0v) is 7.10. The van der Waals surface area contributed by atoms with Gasteiger partial charge >= 0.3 is 5.97 Å². The summed E-state index contributed by atoms with van der Waals surface area (Å²) in [5, 5.41) is 0. The molecule has 1 rings (SSSR count). The summed E-state index contributed by atoms with van der Waals surface area (Å²) >= 11 is 0. The van der Waals surface area contributed by atoms with E-state index in [0.29, 0.717) is 5.57 Å². The fourth-order valence-electron chi connectivity index (χ4n) is 1.32. The number of ether oxygens (including phenoxy) is 1. The lowest BCUT2D eigenvalue weighted by Crippen LogP contribution is -2.22. The van der Waals surface area contributed by atoms with Crippen LogP contribution in [-0.2, 0) is 9.53 Å². The van der Waals surface area contributed by atoms with Crippen LogP contribution in [0.3, 0.4) is 0 Å². The van der Waals surface area contributed by atoms with Crippen molar-refractivity contribution in [2.75, 3.05) is 0 Å². The van der Waals surface area contributed by atoms with E-state index in [9.17, 15) is 4.79 Å². The summed E-state index contributed by atoms with van der Waals surface area (Å²) in [6.07, 6.45) is 1.68. The number of hydrogen-bond donors (Lipinski definition) is 0. The summed E-state index contributed by atoms with van der Waals surface area (Å²) in [5.74, 6) is -0.232. The minimum Gasteiger partial charge on any atom is -0.451 e. The van der Waals surface area contributed by atoms with Gasteiger partial charge in [-0.1, -0.05) is 12.7 Å². The highest BCUT2D eigenvalue weighted by molar-refractivity contribution is 5.93. The largest absolute Gasteiger partial charge is 0.451 e. The quantitative estimate of drug-likeness (QED) is 0.536. The Kier molecular flexibility index (Phi) is 1.63. The number of cyclic esters (lactones) is 1. The summed E-state index contributed by atoms with van der Waals surface area (Å²) < 4.78 is 5.08. The highest BCUT2D eigenvalue weighted by Crippen LogP contribution is 2.32. The highest BCUT2D eigenvalue weighted by atomic mass is 16.6. The lowest BCUT2D eigenvalue weighted by Gasteiger charge is -2.18. The van der Waals surface area contributed by atoms with Crippen LogP contribution in [0, 0.1) is 0 Å². The Morgan fingerprint density at radius 3 is 2.27 bits per heavy atom. The van der Waals surface area contributed by atoms with E-state index >= 15 is 0 Å².